The summed E-state index contributed by atoms with van der Waals surface area (Å²) in [4.78, 5) is 11.6. The van der Waals surface area contributed by atoms with Crippen molar-refractivity contribution in [3.63, 3.8) is 0 Å². The summed E-state index contributed by atoms with van der Waals surface area (Å²) in [6, 6.07) is 11.2. The maximum absolute atomic E-state index is 11.6. The zero-order valence-electron chi connectivity index (χ0n) is 14.3. The Morgan fingerprint density at radius 3 is 2.42 bits per heavy atom. The second-order valence-corrected chi connectivity index (χ2v) is 7.77. The molecular weight excluding hydrogens is 302 g/mol. The molecule has 1 unspecified atom stereocenters. The van der Waals surface area contributed by atoms with Gasteiger partial charge in [-0.1, -0.05) is 30.3 Å². The SMILES string of the molecule is CC(N[C@]1(c2ccccc2)CC[C@@]2(CC1)CNC(=O)N2)C1COC1. The Hall–Kier alpha value is -1.59. The van der Waals surface area contributed by atoms with Crippen molar-refractivity contribution in [2.45, 2.75) is 49.7 Å². The second kappa shape index (κ2) is 6.05. The van der Waals surface area contributed by atoms with Crippen molar-refractivity contribution in [2.75, 3.05) is 19.8 Å². The molecule has 1 spiro atoms. The summed E-state index contributed by atoms with van der Waals surface area (Å²) in [5, 5.41) is 10.1. The number of hydrogen-bond acceptors (Lipinski definition) is 3. The van der Waals surface area contributed by atoms with Gasteiger partial charge in [-0.25, -0.2) is 4.79 Å². The van der Waals surface area contributed by atoms with Crippen LogP contribution in [0, 0.1) is 5.92 Å². The first-order chi connectivity index (χ1) is 11.6. The molecule has 0 bridgehead atoms. The molecule has 2 heterocycles. The molecule has 3 aliphatic rings. The molecule has 0 aromatic heterocycles. The molecule has 2 saturated heterocycles. The fourth-order valence-electron chi connectivity index (χ4n) is 4.41. The van der Waals surface area contributed by atoms with Gasteiger partial charge in [0.2, 0.25) is 0 Å². The lowest BCUT2D eigenvalue weighted by atomic mass is 9.69. The van der Waals surface area contributed by atoms with E-state index >= 15 is 0 Å². The van der Waals surface area contributed by atoms with Crippen LogP contribution in [0.3, 0.4) is 0 Å². The molecule has 1 aliphatic carbocycles. The molecule has 1 aromatic carbocycles. The average molecular weight is 329 g/mol. The third kappa shape index (κ3) is 2.80. The zero-order chi connectivity index (χ0) is 16.6. The van der Waals surface area contributed by atoms with E-state index in [1.54, 1.807) is 0 Å². The molecule has 130 valence electrons. The zero-order valence-corrected chi connectivity index (χ0v) is 14.3. The van der Waals surface area contributed by atoms with E-state index in [1.807, 2.05) is 0 Å². The maximum atomic E-state index is 11.6. The molecule has 2 aliphatic heterocycles. The van der Waals surface area contributed by atoms with E-state index in [0.717, 1.165) is 45.4 Å². The fraction of sp³-hybridized carbons (Fsp3) is 0.632. The summed E-state index contributed by atoms with van der Waals surface area (Å²) >= 11 is 0. The van der Waals surface area contributed by atoms with Crippen LogP contribution in [0.2, 0.25) is 0 Å². The number of ether oxygens (including phenoxy) is 1. The van der Waals surface area contributed by atoms with Crippen LogP contribution in [-0.4, -0.2) is 37.4 Å². The monoisotopic (exact) mass is 329 g/mol. The quantitative estimate of drug-likeness (QED) is 0.793. The Balaban J connectivity index is 1.55. The Labute approximate surface area is 143 Å². The number of amides is 2. The Morgan fingerprint density at radius 1 is 1.17 bits per heavy atom. The van der Waals surface area contributed by atoms with Gasteiger partial charge in [0.1, 0.15) is 0 Å². The minimum Gasteiger partial charge on any atom is -0.381 e. The van der Waals surface area contributed by atoms with E-state index < -0.39 is 0 Å². The molecular formula is C19H27N3O2. The van der Waals surface area contributed by atoms with Crippen LogP contribution in [0.5, 0.6) is 0 Å². The number of carbonyl (C=O) groups is 1. The van der Waals surface area contributed by atoms with Crippen molar-refractivity contribution < 1.29 is 9.53 Å². The number of carbonyl (C=O) groups excluding carboxylic acids is 1. The first-order valence-electron chi connectivity index (χ1n) is 9.08. The summed E-state index contributed by atoms with van der Waals surface area (Å²) in [6.07, 6.45) is 4.08. The van der Waals surface area contributed by atoms with Crippen LogP contribution < -0.4 is 16.0 Å². The number of hydrogen-bond donors (Lipinski definition) is 3. The molecule has 3 fully saturated rings. The summed E-state index contributed by atoms with van der Waals surface area (Å²) < 4.78 is 5.38. The van der Waals surface area contributed by atoms with Gasteiger partial charge in [0.05, 0.1) is 18.8 Å². The van der Waals surface area contributed by atoms with Crippen LogP contribution >= 0.6 is 0 Å². The molecule has 24 heavy (non-hydrogen) atoms. The molecule has 3 N–H and O–H groups in total. The molecule has 1 aromatic rings. The molecule has 4 rings (SSSR count). The van der Waals surface area contributed by atoms with Crippen molar-refractivity contribution in [1.29, 1.82) is 0 Å². The number of urea groups is 1. The summed E-state index contributed by atoms with van der Waals surface area (Å²) in [6.45, 7) is 4.76. The van der Waals surface area contributed by atoms with Crippen LogP contribution in [0.1, 0.15) is 38.2 Å². The van der Waals surface area contributed by atoms with Gasteiger partial charge < -0.3 is 20.7 Å². The van der Waals surface area contributed by atoms with Crippen molar-refractivity contribution >= 4 is 6.03 Å². The van der Waals surface area contributed by atoms with E-state index in [-0.39, 0.29) is 17.1 Å². The minimum atomic E-state index is -0.0557. The Kier molecular flexibility index (Phi) is 4.01. The summed E-state index contributed by atoms with van der Waals surface area (Å²) in [5.41, 5.74) is 1.30. The lowest BCUT2D eigenvalue weighted by Crippen LogP contribution is -2.58. The van der Waals surface area contributed by atoms with E-state index in [4.69, 9.17) is 4.74 Å². The van der Waals surface area contributed by atoms with Gasteiger partial charge in [0.15, 0.2) is 0 Å². The van der Waals surface area contributed by atoms with Gasteiger partial charge in [0, 0.05) is 24.0 Å². The van der Waals surface area contributed by atoms with Crippen LogP contribution in [-0.2, 0) is 10.3 Å². The standard InChI is InChI=1S/C19H27N3O2/c1-14(15-11-24-12-15)21-19(16-5-3-2-4-6-16)9-7-18(8-10-19)13-20-17(23)22-18/h2-6,14-15,21H,7-13H2,1H3,(H2,20,22,23)/t14?,18-,19-. The predicted molar refractivity (Wildman–Crippen MR) is 92.8 cm³/mol. The van der Waals surface area contributed by atoms with Gasteiger partial charge in [-0.15, -0.1) is 0 Å². The van der Waals surface area contributed by atoms with Crippen molar-refractivity contribution in [2.24, 2.45) is 5.92 Å². The number of benzene rings is 1. The third-order valence-corrected chi connectivity index (χ3v) is 6.23. The number of rotatable bonds is 4. The molecule has 0 radical (unpaired) electrons. The molecule has 1 atom stereocenters. The highest BCUT2D eigenvalue weighted by Gasteiger charge is 2.47. The summed E-state index contributed by atoms with van der Waals surface area (Å²) in [7, 11) is 0. The topological polar surface area (TPSA) is 62.4 Å². The van der Waals surface area contributed by atoms with Gasteiger partial charge in [-0.05, 0) is 38.2 Å². The Bertz CT molecular complexity index is 592. The average Bonchev–Trinajstić information content (AvgIpc) is 2.90. The molecule has 5 heteroatoms. The van der Waals surface area contributed by atoms with E-state index in [0.29, 0.717) is 12.0 Å². The van der Waals surface area contributed by atoms with E-state index in [9.17, 15) is 4.79 Å². The predicted octanol–water partition coefficient (Wildman–Crippen LogP) is 2.13. The lowest BCUT2D eigenvalue weighted by molar-refractivity contribution is -0.0539. The lowest BCUT2D eigenvalue weighted by Gasteiger charge is -2.48. The van der Waals surface area contributed by atoms with Gasteiger partial charge in [-0.3, -0.25) is 0 Å². The Morgan fingerprint density at radius 2 is 1.88 bits per heavy atom. The van der Waals surface area contributed by atoms with Crippen LogP contribution in [0.25, 0.3) is 0 Å². The molecule has 5 nitrogen and oxygen atoms in total. The highest BCUT2D eigenvalue weighted by molar-refractivity contribution is 5.77. The maximum Gasteiger partial charge on any atom is 0.315 e. The normalized spacial score (nSPS) is 34.5. The van der Waals surface area contributed by atoms with Crippen LogP contribution in [0.15, 0.2) is 30.3 Å². The van der Waals surface area contributed by atoms with Crippen molar-refractivity contribution in [3.8, 4) is 0 Å². The number of nitrogens with one attached hydrogen (secondary N) is 3. The largest absolute Gasteiger partial charge is 0.381 e. The highest BCUT2D eigenvalue weighted by atomic mass is 16.5. The first kappa shape index (κ1) is 15.9. The van der Waals surface area contributed by atoms with Gasteiger partial charge in [0.25, 0.3) is 0 Å². The third-order valence-electron chi connectivity index (χ3n) is 6.23. The van der Waals surface area contributed by atoms with E-state index in [2.05, 4.69) is 53.2 Å². The van der Waals surface area contributed by atoms with Gasteiger partial charge >= 0.3 is 6.03 Å². The smallest absolute Gasteiger partial charge is 0.315 e. The second-order valence-electron chi connectivity index (χ2n) is 7.77. The minimum absolute atomic E-state index is 0.00512. The van der Waals surface area contributed by atoms with E-state index in [1.165, 1.54) is 5.56 Å². The summed E-state index contributed by atoms with van der Waals surface area (Å²) in [5.74, 6) is 0.606. The first-order valence-corrected chi connectivity index (χ1v) is 9.08. The van der Waals surface area contributed by atoms with Crippen LogP contribution in [0.4, 0.5) is 4.79 Å². The van der Waals surface area contributed by atoms with Crippen molar-refractivity contribution in [1.82, 2.24) is 16.0 Å². The molecule has 1 saturated carbocycles. The molecule has 2 amide bonds. The van der Waals surface area contributed by atoms with Crippen molar-refractivity contribution in [3.05, 3.63) is 35.9 Å². The van der Waals surface area contributed by atoms with Gasteiger partial charge in [-0.2, -0.15) is 0 Å². The fourth-order valence-corrected chi connectivity index (χ4v) is 4.41. The highest BCUT2D eigenvalue weighted by Crippen LogP contribution is 2.43.